The van der Waals surface area contributed by atoms with Crippen LogP contribution in [0.25, 0.3) is 11.4 Å². The summed E-state index contributed by atoms with van der Waals surface area (Å²) in [5.41, 5.74) is 1.25. The van der Waals surface area contributed by atoms with Crippen LogP contribution in [0, 0.1) is 12.7 Å². The fraction of sp³-hybridized carbons (Fsp3) is 0.235. The normalized spacial score (nSPS) is 11.4. The van der Waals surface area contributed by atoms with Crippen molar-refractivity contribution in [1.29, 1.82) is 0 Å². The molecule has 0 amide bonds. The van der Waals surface area contributed by atoms with Crippen LogP contribution in [0.1, 0.15) is 12.5 Å². The van der Waals surface area contributed by atoms with Crippen molar-refractivity contribution in [2.75, 3.05) is 11.8 Å². The molecular formula is C17H18FN5O3S. The maximum atomic E-state index is 13.5. The van der Waals surface area contributed by atoms with Crippen LogP contribution in [0.4, 0.5) is 10.1 Å². The van der Waals surface area contributed by atoms with Gasteiger partial charge >= 0.3 is 0 Å². The maximum Gasteiger partial charge on any atom is 0.265 e. The van der Waals surface area contributed by atoms with Crippen molar-refractivity contribution in [2.24, 2.45) is 0 Å². The van der Waals surface area contributed by atoms with Gasteiger partial charge in [-0.2, -0.15) is 0 Å². The third kappa shape index (κ3) is 3.75. The van der Waals surface area contributed by atoms with E-state index in [1.165, 1.54) is 31.4 Å². The standard InChI is InChI=1S/C17H18FN5O3S/c1-4-23-17(19-21-22-23)12-6-8-15(26-3)16(9-12)27(24,25)20-14-10-13(18)7-5-11(14)2/h5-10,20H,4H2,1-3H3. The predicted octanol–water partition coefficient (Wildman–Crippen LogP) is 2.62. The highest BCUT2D eigenvalue weighted by molar-refractivity contribution is 7.92. The lowest BCUT2D eigenvalue weighted by Crippen LogP contribution is -2.15. The van der Waals surface area contributed by atoms with Gasteiger partial charge in [0, 0.05) is 12.1 Å². The molecule has 1 N–H and O–H groups in total. The number of halogens is 1. The number of aromatic nitrogens is 4. The van der Waals surface area contributed by atoms with E-state index in [2.05, 4.69) is 20.2 Å². The largest absolute Gasteiger partial charge is 0.495 e. The summed E-state index contributed by atoms with van der Waals surface area (Å²) >= 11 is 0. The molecule has 0 radical (unpaired) electrons. The Morgan fingerprint density at radius 1 is 1.22 bits per heavy atom. The third-order valence-corrected chi connectivity index (χ3v) is 5.37. The first-order valence-corrected chi connectivity index (χ1v) is 9.57. The molecule has 0 saturated carbocycles. The van der Waals surface area contributed by atoms with Crippen molar-refractivity contribution in [3.05, 3.63) is 47.8 Å². The molecule has 0 atom stereocenters. The zero-order chi connectivity index (χ0) is 19.6. The van der Waals surface area contributed by atoms with Crippen LogP contribution in [0.5, 0.6) is 5.75 Å². The lowest BCUT2D eigenvalue weighted by molar-refractivity contribution is 0.403. The Labute approximate surface area is 156 Å². The van der Waals surface area contributed by atoms with Crippen molar-refractivity contribution >= 4 is 15.7 Å². The summed E-state index contributed by atoms with van der Waals surface area (Å²) in [6, 6.07) is 8.50. The monoisotopic (exact) mass is 391 g/mol. The number of sulfonamides is 1. The van der Waals surface area contributed by atoms with E-state index < -0.39 is 15.8 Å². The number of methoxy groups -OCH3 is 1. The van der Waals surface area contributed by atoms with E-state index in [9.17, 15) is 12.8 Å². The number of nitrogens with zero attached hydrogens (tertiary/aromatic N) is 4. The van der Waals surface area contributed by atoms with Crippen LogP contribution in [-0.4, -0.2) is 35.7 Å². The van der Waals surface area contributed by atoms with Gasteiger partial charge in [-0.3, -0.25) is 4.72 Å². The van der Waals surface area contributed by atoms with Crippen molar-refractivity contribution in [2.45, 2.75) is 25.3 Å². The van der Waals surface area contributed by atoms with Gasteiger partial charge in [0.2, 0.25) is 0 Å². The van der Waals surface area contributed by atoms with Gasteiger partial charge in [-0.25, -0.2) is 17.5 Å². The molecular weight excluding hydrogens is 373 g/mol. The fourth-order valence-corrected chi connectivity index (χ4v) is 3.87. The number of nitrogens with one attached hydrogen (secondary N) is 1. The Bertz CT molecular complexity index is 1080. The number of hydrogen-bond donors (Lipinski definition) is 1. The number of rotatable bonds is 6. The minimum atomic E-state index is -4.05. The predicted molar refractivity (Wildman–Crippen MR) is 97.4 cm³/mol. The van der Waals surface area contributed by atoms with E-state index in [4.69, 9.17) is 4.74 Å². The highest BCUT2D eigenvalue weighted by atomic mass is 32.2. The molecule has 0 unspecified atom stereocenters. The second-order valence-corrected chi connectivity index (χ2v) is 7.40. The summed E-state index contributed by atoms with van der Waals surface area (Å²) in [6.45, 7) is 4.08. The van der Waals surface area contributed by atoms with Gasteiger partial charge < -0.3 is 4.74 Å². The summed E-state index contributed by atoms with van der Waals surface area (Å²) in [5.74, 6) is 0.0375. The van der Waals surface area contributed by atoms with E-state index in [1.807, 2.05) is 6.92 Å². The molecule has 8 nitrogen and oxygen atoms in total. The van der Waals surface area contributed by atoms with Crippen molar-refractivity contribution in [3.8, 4) is 17.1 Å². The fourth-order valence-electron chi connectivity index (χ4n) is 2.55. The van der Waals surface area contributed by atoms with Gasteiger partial charge in [0.05, 0.1) is 12.8 Å². The molecule has 1 heterocycles. The lowest BCUT2D eigenvalue weighted by atomic mass is 10.2. The van der Waals surface area contributed by atoms with Crippen molar-refractivity contribution in [3.63, 3.8) is 0 Å². The lowest BCUT2D eigenvalue weighted by Gasteiger charge is -2.14. The van der Waals surface area contributed by atoms with E-state index >= 15 is 0 Å². The Hall–Kier alpha value is -3.01. The number of tetrazole rings is 1. The van der Waals surface area contributed by atoms with Gasteiger partial charge in [0.25, 0.3) is 10.0 Å². The zero-order valence-corrected chi connectivity index (χ0v) is 15.8. The molecule has 27 heavy (non-hydrogen) atoms. The van der Waals surface area contributed by atoms with E-state index in [1.54, 1.807) is 17.7 Å². The Morgan fingerprint density at radius 2 is 2.00 bits per heavy atom. The van der Waals surface area contributed by atoms with Crippen LogP contribution in [0.3, 0.4) is 0 Å². The summed E-state index contributed by atoms with van der Waals surface area (Å²) in [6.07, 6.45) is 0. The second kappa shape index (κ2) is 7.31. The van der Waals surface area contributed by atoms with Crippen LogP contribution in [-0.2, 0) is 16.6 Å². The number of aryl methyl sites for hydroxylation is 2. The third-order valence-electron chi connectivity index (χ3n) is 3.99. The first kappa shape index (κ1) is 18.8. The smallest absolute Gasteiger partial charge is 0.265 e. The summed E-state index contributed by atoms with van der Waals surface area (Å²) in [5, 5.41) is 11.4. The first-order chi connectivity index (χ1) is 12.9. The number of hydrogen-bond acceptors (Lipinski definition) is 6. The van der Waals surface area contributed by atoms with Gasteiger partial charge in [0.15, 0.2) is 5.82 Å². The Balaban J connectivity index is 2.08. The molecule has 0 aliphatic heterocycles. The van der Waals surface area contributed by atoms with Gasteiger partial charge in [0.1, 0.15) is 16.5 Å². The summed E-state index contributed by atoms with van der Waals surface area (Å²) in [7, 11) is -2.68. The molecule has 0 aliphatic carbocycles. The van der Waals surface area contributed by atoms with E-state index in [0.717, 1.165) is 6.07 Å². The molecule has 0 spiro atoms. The first-order valence-electron chi connectivity index (χ1n) is 8.09. The second-order valence-electron chi connectivity index (χ2n) is 5.75. The highest BCUT2D eigenvalue weighted by Gasteiger charge is 2.23. The van der Waals surface area contributed by atoms with Crippen LogP contribution >= 0.6 is 0 Å². The molecule has 0 aliphatic rings. The molecule has 10 heteroatoms. The van der Waals surface area contributed by atoms with Crippen molar-refractivity contribution < 1.29 is 17.5 Å². The highest BCUT2D eigenvalue weighted by Crippen LogP contribution is 2.31. The molecule has 3 aromatic rings. The molecule has 3 rings (SSSR count). The maximum absolute atomic E-state index is 13.5. The van der Waals surface area contributed by atoms with Crippen molar-refractivity contribution in [1.82, 2.24) is 20.2 Å². The molecule has 0 fully saturated rings. The molecule has 2 aromatic carbocycles. The number of benzene rings is 2. The average Bonchev–Trinajstić information content (AvgIpc) is 3.12. The quantitative estimate of drug-likeness (QED) is 0.693. The molecule has 0 bridgehead atoms. The molecule has 142 valence electrons. The SMILES string of the molecule is CCn1nnnc1-c1ccc(OC)c(S(=O)(=O)Nc2cc(F)ccc2C)c1. The summed E-state index contributed by atoms with van der Waals surface area (Å²) < 4.78 is 48.6. The van der Waals surface area contributed by atoms with E-state index in [-0.39, 0.29) is 16.3 Å². The van der Waals surface area contributed by atoms with Gasteiger partial charge in [-0.05, 0) is 60.2 Å². The summed E-state index contributed by atoms with van der Waals surface area (Å²) in [4.78, 5) is -0.100. The van der Waals surface area contributed by atoms with Crippen LogP contribution in [0.15, 0.2) is 41.3 Å². The minimum absolute atomic E-state index is 0.100. The Morgan fingerprint density at radius 3 is 2.70 bits per heavy atom. The van der Waals surface area contributed by atoms with Gasteiger partial charge in [-0.15, -0.1) is 5.10 Å². The van der Waals surface area contributed by atoms with Crippen LogP contribution in [0.2, 0.25) is 0 Å². The van der Waals surface area contributed by atoms with Gasteiger partial charge in [-0.1, -0.05) is 6.07 Å². The minimum Gasteiger partial charge on any atom is -0.495 e. The zero-order valence-electron chi connectivity index (χ0n) is 15.0. The van der Waals surface area contributed by atoms with E-state index in [0.29, 0.717) is 23.5 Å². The Kier molecular flexibility index (Phi) is 5.08. The number of anilines is 1. The van der Waals surface area contributed by atoms with Crippen LogP contribution < -0.4 is 9.46 Å². The number of ether oxygens (including phenoxy) is 1. The topological polar surface area (TPSA) is 99.0 Å². The molecule has 1 aromatic heterocycles. The average molecular weight is 391 g/mol. The molecule has 0 saturated heterocycles.